The average molecular weight is 410 g/mol. The predicted octanol–water partition coefficient (Wildman–Crippen LogP) is 3.18. The summed E-state index contributed by atoms with van der Waals surface area (Å²) in [6.07, 6.45) is 0. The lowest BCUT2D eigenvalue weighted by atomic mass is 10.2. The third kappa shape index (κ3) is 3.97. The van der Waals surface area contributed by atoms with Crippen molar-refractivity contribution < 1.29 is 14.4 Å². The first-order valence-corrected chi connectivity index (χ1v) is 9.17. The molecule has 2 aromatic carbocycles. The number of aromatic amines is 1. The van der Waals surface area contributed by atoms with E-state index in [2.05, 4.69) is 20.8 Å². The van der Waals surface area contributed by atoms with Gasteiger partial charge in [0.15, 0.2) is 5.82 Å². The molecular formula is C20H16ClN5O3. The number of fused-ring (bicyclic) bond motifs is 1. The molecule has 4 rings (SSSR count). The summed E-state index contributed by atoms with van der Waals surface area (Å²) in [5.74, 6) is -0.489. The van der Waals surface area contributed by atoms with Crippen molar-refractivity contribution in [1.29, 1.82) is 0 Å². The average Bonchev–Trinajstić information content (AvgIpc) is 3.30. The normalized spacial score (nSPS) is 12.4. The Kier molecular flexibility index (Phi) is 5.01. The van der Waals surface area contributed by atoms with Crippen LogP contribution >= 0.6 is 11.6 Å². The first-order valence-electron chi connectivity index (χ1n) is 8.79. The number of nitrogens with zero attached hydrogens (tertiary/aromatic N) is 2. The zero-order valence-corrected chi connectivity index (χ0v) is 15.9. The molecule has 3 N–H and O–H groups in total. The summed E-state index contributed by atoms with van der Waals surface area (Å²) in [4.78, 5) is 38.5. The molecule has 29 heavy (non-hydrogen) atoms. The van der Waals surface area contributed by atoms with E-state index in [1.54, 1.807) is 54.6 Å². The molecule has 1 aromatic heterocycles. The fourth-order valence-corrected chi connectivity index (χ4v) is 3.22. The molecular weight excluding hydrogens is 394 g/mol. The van der Waals surface area contributed by atoms with Crippen molar-refractivity contribution in [3.8, 4) is 0 Å². The van der Waals surface area contributed by atoms with Gasteiger partial charge in [-0.2, -0.15) is 5.10 Å². The minimum atomic E-state index is -0.518. The third-order valence-corrected chi connectivity index (χ3v) is 4.75. The summed E-state index contributed by atoms with van der Waals surface area (Å²) in [7, 11) is 0. The summed E-state index contributed by atoms with van der Waals surface area (Å²) in [6, 6.07) is 14.5. The van der Waals surface area contributed by atoms with Crippen LogP contribution in [0.5, 0.6) is 0 Å². The van der Waals surface area contributed by atoms with E-state index in [-0.39, 0.29) is 19.0 Å². The number of aromatic nitrogens is 2. The lowest BCUT2D eigenvalue weighted by Gasteiger charge is -2.16. The molecule has 0 spiro atoms. The minimum Gasteiger partial charge on any atom is -0.314 e. The van der Waals surface area contributed by atoms with Gasteiger partial charge in [-0.05, 0) is 30.3 Å². The van der Waals surface area contributed by atoms with Crippen LogP contribution in [0.25, 0.3) is 0 Å². The van der Waals surface area contributed by atoms with Gasteiger partial charge in [-0.1, -0.05) is 35.9 Å². The molecule has 0 aliphatic carbocycles. The molecule has 8 nitrogen and oxygen atoms in total. The molecule has 146 valence electrons. The number of nitrogens with one attached hydrogen (secondary N) is 3. The summed E-state index contributed by atoms with van der Waals surface area (Å²) >= 11 is 5.92. The van der Waals surface area contributed by atoms with E-state index in [0.717, 1.165) is 0 Å². The SMILES string of the molecule is O=C(NC(=O)N1Cc2[nH]nc(NC(=O)c3cccc(Cl)c3)c2C1)c1ccccc1. The number of halogens is 1. The summed E-state index contributed by atoms with van der Waals surface area (Å²) in [6.45, 7) is 0.466. The lowest BCUT2D eigenvalue weighted by Crippen LogP contribution is -2.40. The standard InChI is InChI=1S/C20H16ClN5O3/c21-14-8-4-7-13(9-14)19(28)22-17-15-10-26(11-16(15)24-25-17)20(29)23-18(27)12-5-2-1-3-6-12/h1-9H,10-11H2,(H,23,27,29)(H2,22,24,25,28). The maximum Gasteiger partial charge on any atom is 0.324 e. The quantitative estimate of drug-likeness (QED) is 0.617. The Morgan fingerprint density at radius 3 is 2.48 bits per heavy atom. The molecule has 0 radical (unpaired) electrons. The molecule has 9 heteroatoms. The molecule has 0 bridgehead atoms. The maximum atomic E-state index is 12.4. The molecule has 1 aliphatic heterocycles. The molecule has 1 aliphatic rings. The van der Waals surface area contributed by atoms with Crippen molar-refractivity contribution in [3.05, 3.63) is 82.0 Å². The second-order valence-corrected chi connectivity index (χ2v) is 6.91. The highest BCUT2D eigenvalue weighted by atomic mass is 35.5. The smallest absolute Gasteiger partial charge is 0.314 e. The zero-order chi connectivity index (χ0) is 20.4. The highest BCUT2D eigenvalue weighted by Gasteiger charge is 2.29. The van der Waals surface area contributed by atoms with Gasteiger partial charge in [-0.3, -0.25) is 20.0 Å². The van der Waals surface area contributed by atoms with E-state index in [1.807, 2.05) is 0 Å². The Balaban J connectivity index is 1.41. The Morgan fingerprint density at radius 2 is 1.72 bits per heavy atom. The van der Waals surface area contributed by atoms with Crippen LogP contribution in [0.15, 0.2) is 54.6 Å². The van der Waals surface area contributed by atoms with Crippen LogP contribution in [0.1, 0.15) is 32.0 Å². The highest BCUT2D eigenvalue weighted by Crippen LogP contribution is 2.27. The van der Waals surface area contributed by atoms with Gasteiger partial charge in [0.25, 0.3) is 11.8 Å². The van der Waals surface area contributed by atoms with Crippen LogP contribution in [0.3, 0.4) is 0 Å². The lowest BCUT2D eigenvalue weighted by molar-refractivity contribution is 0.0950. The van der Waals surface area contributed by atoms with E-state index >= 15 is 0 Å². The summed E-state index contributed by atoms with van der Waals surface area (Å²) in [5.41, 5.74) is 2.20. The van der Waals surface area contributed by atoms with Gasteiger partial charge in [0, 0.05) is 21.7 Å². The van der Waals surface area contributed by atoms with Crippen LogP contribution in [0, 0.1) is 0 Å². The van der Waals surface area contributed by atoms with Crippen molar-refractivity contribution in [1.82, 2.24) is 20.4 Å². The van der Waals surface area contributed by atoms with Crippen LogP contribution in [0.4, 0.5) is 10.6 Å². The molecule has 0 fully saturated rings. The van der Waals surface area contributed by atoms with Crippen molar-refractivity contribution in [2.45, 2.75) is 13.1 Å². The first kappa shape index (κ1) is 18.7. The topological polar surface area (TPSA) is 107 Å². The van der Waals surface area contributed by atoms with Crippen LogP contribution < -0.4 is 10.6 Å². The van der Waals surface area contributed by atoms with E-state index < -0.39 is 11.9 Å². The van der Waals surface area contributed by atoms with Crippen LogP contribution in [-0.4, -0.2) is 32.9 Å². The number of anilines is 1. The van der Waals surface area contributed by atoms with Crippen molar-refractivity contribution >= 4 is 35.3 Å². The first-order chi connectivity index (χ1) is 14.0. The number of amides is 4. The predicted molar refractivity (Wildman–Crippen MR) is 107 cm³/mol. The molecule has 2 heterocycles. The van der Waals surface area contributed by atoms with Crippen molar-refractivity contribution in [2.75, 3.05) is 5.32 Å². The number of hydrogen-bond donors (Lipinski definition) is 3. The van der Waals surface area contributed by atoms with Gasteiger partial charge in [0.2, 0.25) is 0 Å². The minimum absolute atomic E-state index is 0.213. The van der Waals surface area contributed by atoms with Gasteiger partial charge in [0.1, 0.15) is 0 Å². The Morgan fingerprint density at radius 1 is 0.966 bits per heavy atom. The second-order valence-electron chi connectivity index (χ2n) is 6.48. The van der Waals surface area contributed by atoms with Crippen LogP contribution in [-0.2, 0) is 13.1 Å². The number of imide groups is 1. The van der Waals surface area contributed by atoms with Crippen LogP contribution in [0.2, 0.25) is 5.02 Å². The highest BCUT2D eigenvalue weighted by molar-refractivity contribution is 6.31. The largest absolute Gasteiger partial charge is 0.324 e. The number of H-pyrrole nitrogens is 1. The number of urea groups is 1. The van der Waals surface area contributed by atoms with Crippen molar-refractivity contribution in [2.24, 2.45) is 0 Å². The number of carbonyl (C=O) groups excluding carboxylic acids is 3. The molecule has 4 amide bonds. The molecule has 0 saturated carbocycles. The molecule has 3 aromatic rings. The molecule has 0 atom stereocenters. The third-order valence-electron chi connectivity index (χ3n) is 4.51. The Hall–Kier alpha value is -3.65. The van der Waals surface area contributed by atoms with Crippen molar-refractivity contribution in [3.63, 3.8) is 0 Å². The summed E-state index contributed by atoms with van der Waals surface area (Å²) < 4.78 is 0. The molecule has 0 saturated heterocycles. The summed E-state index contributed by atoms with van der Waals surface area (Å²) in [5, 5.41) is 12.5. The van der Waals surface area contributed by atoms with E-state index in [1.165, 1.54) is 4.90 Å². The van der Waals surface area contributed by atoms with Gasteiger partial charge in [0.05, 0.1) is 18.8 Å². The maximum absolute atomic E-state index is 12.4. The number of benzene rings is 2. The van der Waals surface area contributed by atoms with E-state index in [0.29, 0.717) is 33.2 Å². The fourth-order valence-electron chi connectivity index (χ4n) is 3.03. The number of rotatable bonds is 3. The second kappa shape index (κ2) is 7.76. The number of hydrogen-bond acceptors (Lipinski definition) is 4. The Labute approximate surface area is 170 Å². The van der Waals surface area contributed by atoms with Gasteiger partial charge in [-0.25, -0.2) is 4.79 Å². The monoisotopic (exact) mass is 409 g/mol. The Bertz CT molecular complexity index is 1100. The van der Waals surface area contributed by atoms with Gasteiger partial charge in [-0.15, -0.1) is 0 Å². The van der Waals surface area contributed by atoms with Gasteiger partial charge >= 0.3 is 6.03 Å². The van der Waals surface area contributed by atoms with Gasteiger partial charge < -0.3 is 10.2 Å². The van der Waals surface area contributed by atoms with E-state index in [4.69, 9.17) is 11.6 Å². The fraction of sp³-hybridized carbons (Fsp3) is 0.100. The van der Waals surface area contributed by atoms with E-state index in [9.17, 15) is 14.4 Å². The number of carbonyl (C=O) groups is 3. The zero-order valence-electron chi connectivity index (χ0n) is 15.1. The molecule has 0 unspecified atom stereocenters.